The van der Waals surface area contributed by atoms with Crippen molar-refractivity contribution in [1.82, 2.24) is 9.13 Å². The van der Waals surface area contributed by atoms with Crippen LogP contribution in [0.3, 0.4) is 0 Å². The zero-order valence-electron chi connectivity index (χ0n) is 87.1. The number of nitrogens with zero attached hydrogens (tertiary/aromatic N) is 4. The van der Waals surface area contributed by atoms with Gasteiger partial charge in [0.05, 0.1) is 49.8 Å². The Hall–Kier alpha value is -13.2. The first-order chi connectivity index (χ1) is 65.2. The van der Waals surface area contributed by atoms with Crippen LogP contribution in [0.25, 0.3) is 111 Å². The third kappa shape index (κ3) is 13.5. The maximum absolute atomic E-state index is 10.1. The SMILES string of the molecule is [2H]c1c([2H])c([2H])c2c(c1[2H])c1c([2H])c([2H])c([2H])c([2H])c1n2-c1ccc2c(c1)N(c1c(-c3ccc(C(C)(C)C)cc3)cc(C(C)(C)C)cc1-c1ccc(C(C)(C)C)cc1)c1cc(C(C)(C)C)cc3c1B2c1ccc(-n2c4ccccc4c4c5c(ccc42)-c2ccccc2C5(c2ccccc2)c2ccccc2)cc1N3c1c(-c2ccc(C(C)(C)C)cc2)cc(C(C)(C)C)cc1-c1ccc(C(C)(C)C)cc1. The van der Waals surface area contributed by atoms with E-state index in [1.807, 2.05) is 6.07 Å². The Labute approximate surface area is 782 Å². The summed E-state index contributed by atoms with van der Waals surface area (Å²) >= 11 is 0. The van der Waals surface area contributed by atoms with Gasteiger partial charge in [-0.2, -0.15) is 0 Å². The second-order valence-corrected chi connectivity index (χ2v) is 44.0. The summed E-state index contributed by atoms with van der Waals surface area (Å²) in [5.41, 5.74) is 33.0. The van der Waals surface area contributed by atoms with Crippen LogP contribution >= 0.6 is 0 Å². The van der Waals surface area contributed by atoms with E-state index in [4.69, 9.17) is 0 Å². The predicted molar refractivity (Wildman–Crippen MR) is 559 cm³/mol. The van der Waals surface area contributed by atoms with E-state index >= 15 is 0 Å². The van der Waals surface area contributed by atoms with E-state index < -0.39 is 53.8 Å². The first kappa shape index (κ1) is 74.7. The molecule has 18 aromatic rings. The Morgan fingerprint density at radius 2 is 0.608 bits per heavy atom. The zero-order valence-corrected chi connectivity index (χ0v) is 79.1. The number of hydrogen-bond acceptors (Lipinski definition) is 2. The lowest BCUT2D eigenvalue weighted by molar-refractivity contribution is 0.589. The number of rotatable bonds is 10. The van der Waals surface area contributed by atoms with Gasteiger partial charge < -0.3 is 18.9 Å². The minimum absolute atomic E-state index is 0.00763. The molecule has 0 N–H and O–H groups in total. The maximum Gasteiger partial charge on any atom is 0.252 e. The van der Waals surface area contributed by atoms with Crippen LogP contribution in [-0.2, 0) is 43.3 Å². The fraction of sp³-hybridized carbons (Fsp3) is 0.232. The third-order valence-corrected chi connectivity index (χ3v) is 28.3. The van der Waals surface area contributed by atoms with Crippen molar-refractivity contribution >= 4 is 101 Å². The van der Waals surface area contributed by atoms with Crippen molar-refractivity contribution in [2.24, 2.45) is 0 Å². The normalized spacial score (nSPS) is 14.8. The average molecular weight is 1700 g/mol. The van der Waals surface area contributed by atoms with Crippen LogP contribution in [0, 0.1) is 0 Å². The van der Waals surface area contributed by atoms with E-state index in [1.165, 1.54) is 66.6 Å². The van der Waals surface area contributed by atoms with Crippen molar-refractivity contribution in [3.8, 4) is 67.0 Å². The fourth-order valence-electron chi connectivity index (χ4n) is 21.2. The van der Waals surface area contributed by atoms with E-state index in [2.05, 4.69) is 445 Å². The molecule has 0 atom stereocenters. The number of para-hydroxylation sites is 3. The van der Waals surface area contributed by atoms with Gasteiger partial charge in [-0.3, -0.25) is 0 Å². The van der Waals surface area contributed by atoms with Crippen molar-refractivity contribution < 1.29 is 11.0 Å². The van der Waals surface area contributed by atoms with Crippen molar-refractivity contribution in [2.75, 3.05) is 9.80 Å². The van der Waals surface area contributed by atoms with Gasteiger partial charge in [-0.15, -0.1) is 0 Å². The van der Waals surface area contributed by atoms with Crippen molar-refractivity contribution in [3.05, 3.63) is 401 Å². The summed E-state index contributed by atoms with van der Waals surface area (Å²) in [5.74, 6) is 0. The molecule has 0 saturated heterocycles. The van der Waals surface area contributed by atoms with Gasteiger partial charge in [-0.1, -0.05) is 400 Å². The van der Waals surface area contributed by atoms with Crippen LogP contribution in [0.4, 0.5) is 34.1 Å². The first-order valence-corrected chi connectivity index (χ1v) is 46.4. The highest BCUT2D eigenvalue weighted by atomic mass is 15.2. The Morgan fingerprint density at radius 1 is 0.262 bits per heavy atom. The molecule has 642 valence electrons. The molecule has 4 heterocycles. The molecule has 130 heavy (non-hydrogen) atoms. The standard InChI is InChI=1S/C125H119BN4/c1-118(2,3)82-56-48-78(49-57-82)98-70-88(122(13,14)15)71-99(79-50-58-83(59-51-79)119(4,5)6)116(98)129-109-76-91(127-105-45-33-29-41-94(105)95-42-30-34-46-106(95)127)64-67-103(109)126-104-68-65-92(128-107-47-35-31-43-97(107)113-108(128)69-66-96-93-40-28-32-44-102(93)125(114(96)113,86-36-24-22-25-37-86)87-38-26-23-27-39-87)77-110(104)130(112-75-90(124(19,20)21)74-111(129)115(112)126)117-100(80-52-60-84(61-53-80)120(7,8)9)72-89(123(16,17)18)73-101(117)81-54-62-85(63-55-81)121(10,11)12/h22-77H,1-21H3/i29D,30D,33D,34D,41D,42D,45D,46D. The number of anilines is 6. The van der Waals surface area contributed by atoms with Gasteiger partial charge in [-0.05, 0) is 234 Å². The highest BCUT2D eigenvalue weighted by molar-refractivity contribution is 7.00. The number of hydrogen-bond donors (Lipinski definition) is 0. The Morgan fingerprint density at radius 3 is 1.00 bits per heavy atom. The number of fused-ring (bicyclic) bond motifs is 14. The molecule has 2 aromatic heterocycles. The molecule has 4 nitrogen and oxygen atoms in total. The van der Waals surface area contributed by atoms with Crippen LogP contribution in [0.15, 0.2) is 340 Å². The van der Waals surface area contributed by atoms with E-state index in [0.29, 0.717) is 5.69 Å². The molecular weight excluding hydrogens is 1570 g/mol. The average Bonchev–Trinajstić information content (AvgIpc) is 1.48. The molecule has 5 heteroatoms. The minimum atomic E-state index is -0.744. The lowest BCUT2D eigenvalue weighted by atomic mass is 9.33. The van der Waals surface area contributed by atoms with Crippen LogP contribution in [0.1, 0.15) is 218 Å². The highest BCUT2D eigenvalue weighted by Gasteiger charge is 2.50. The summed E-state index contributed by atoms with van der Waals surface area (Å²) in [7, 11) is 0. The summed E-state index contributed by atoms with van der Waals surface area (Å²) in [4.78, 5) is 5.22. The zero-order chi connectivity index (χ0) is 97.5. The molecule has 0 fully saturated rings. The lowest BCUT2D eigenvalue weighted by Gasteiger charge is -2.47. The molecule has 1 aliphatic carbocycles. The molecule has 3 aliphatic rings. The predicted octanol–water partition coefficient (Wildman–Crippen LogP) is 32.1. The fourth-order valence-corrected chi connectivity index (χ4v) is 21.2. The highest BCUT2D eigenvalue weighted by Crippen LogP contribution is 2.61. The molecule has 0 bridgehead atoms. The topological polar surface area (TPSA) is 16.3 Å². The summed E-state index contributed by atoms with van der Waals surface area (Å²) in [6.45, 7) is 47.7. The monoisotopic (exact) mass is 1700 g/mol. The quantitative estimate of drug-likeness (QED) is 0.127. The molecular formula is C125H119BN4. The minimum Gasteiger partial charge on any atom is -0.310 e. The molecule has 21 rings (SSSR count). The maximum atomic E-state index is 10.1. The van der Waals surface area contributed by atoms with Crippen LogP contribution in [0.2, 0.25) is 0 Å². The second kappa shape index (κ2) is 29.9. The van der Waals surface area contributed by atoms with Gasteiger partial charge in [-0.25, -0.2) is 0 Å². The van der Waals surface area contributed by atoms with E-state index in [9.17, 15) is 11.0 Å². The summed E-state index contributed by atoms with van der Waals surface area (Å²) < 4.78 is 81.9. The lowest BCUT2D eigenvalue weighted by Crippen LogP contribution is -2.61. The van der Waals surface area contributed by atoms with Crippen LogP contribution in [-0.4, -0.2) is 15.8 Å². The van der Waals surface area contributed by atoms with Gasteiger partial charge in [0.2, 0.25) is 0 Å². The third-order valence-electron chi connectivity index (χ3n) is 28.3. The number of benzene rings is 16. The molecule has 0 spiro atoms. The first-order valence-electron chi connectivity index (χ1n) is 50.4. The molecule has 2 aliphatic heterocycles. The molecule has 16 aromatic carbocycles. The van der Waals surface area contributed by atoms with Gasteiger partial charge in [0.1, 0.15) is 0 Å². The van der Waals surface area contributed by atoms with Gasteiger partial charge >= 0.3 is 0 Å². The summed E-state index contributed by atoms with van der Waals surface area (Å²) in [5, 5.41) is 2.31. The van der Waals surface area contributed by atoms with Gasteiger partial charge in [0.15, 0.2) is 0 Å². The Kier molecular flexibility index (Phi) is 17.2. The van der Waals surface area contributed by atoms with Gasteiger partial charge in [0, 0.05) is 77.9 Å². The van der Waals surface area contributed by atoms with E-state index in [0.717, 1.165) is 128 Å². The van der Waals surface area contributed by atoms with E-state index in [-0.39, 0.29) is 66.4 Å². The Balaban J connectivity index is 0.967. The van der Waals surface area contributed by atoms with Crippen molar-refractivity contribution in [2.45, 2.75) is 189 Å². The smallest absolute Gasteiger partial charge is 0.252 e. The molecule has 0 amide bonds. The Bertz CT molecular complexity index is 7820. The van der Waals surface area contributed by atoms with Crippen molar-refractivity contribution in [1.29, 1.82) is 0 Å². The second-order valence-electron chi connectivity index (χ2n) is 44.0. The summed E-state index contributed by atoms with van der Waals surface area (Å²) in [6.07, 6.45) is 0. The number of aromatic nitrogens is 2. The van der Waals surface area contributed by atoms with Crippen LogP contribution in [0.5, 0.6) is 0 Å². The van der Waals surface area contributed by atoms with E-state index in [1.54, 1.807) is 4.57 Å². The van der Waals surface area contributed by atoms with Crippen LogP contribution < -0.4 is 26.2 Å². The van der Waals surface area contributed by atoms with Gasteiger partial charge in [0.25, 0.3) is 6.71 Å². The summed E-state index contributed by atoms with van der Waals surface area (Å²) in [6, 6.07) is 107. The largest absolute Gasteiger partial charge is 0.310 e. The molecule has 0 saturated carbocycles. The van der Waals surface area contributed by atoms with Crippen molar-refractivity contribution in [3.63, 3.8) is 0 Å². The molecule has 0 radical (unpaired) electrons. The molecule has 0 unspecified atom stereocenters.